The van der Waals surface area contributed by atoms with E-state index in [0.29, 0.717) is 25.3 Å². The zero-order chi connectivity index (χ0) is 17.4. The molecule has 7 heteroatoms. The fourth-order valence-electron chi connectivity index (χ4n) is 3.01. The third-order valence-corrected chi connectivity index (χ3v) is 4.50. The van der Waals surface area contributed by atoms with Gasteiger partial charge in [0.2, 0.25) is 5.91 Å². The molecule has 0 atom stereocenters. The summed E-state index contributed by atoms with van der Waals surface area (Å²) in [5.74, 6) is -0.141. The van der Waals surface area contributed by atoms with Crippen LogP contribution >= 0.6 is 12.4 Å². The highest BCUT2D eigenvalue weighted by atomic mass is 35.5. The van der Waals surface area contributed by atoms with E-state index in [-0.39, 0.29) is 29.6 Å². The van der Waals surface area contributed by atoms with Crippen LogP contribution in [-0.4, -0.2) is 45.2 Å². The van der Waals surface area contributed by atoms with E-state index < -0.39 is 0 Å². The highest BCUT2D eigenvalue weighted by molar-refractivity contribution is 5.94. The topological polar surface area (TPSA) is 79.5 Å². The first-order chi connectivity index (χ1) is 11.5. The Bertz CT molecular complexity index is 552. The summed E-state index contributed by atoms with van der Waals surface area (Å²) in [5, 5.41) is 9.13. The van der Waals surface area contributed by atoms with Crippen LogP contribution in [0.2, 0.25) is 0 Å². The van der Waals surface area contributed by atoms with Crippen molar-refractivity contribution in [3.8, 4) is 0 Å². The van der Waals surface area contributed by atoms with Crippen molar-refractivity contribution >= 4 is 24.2 Å². The van der Waals surface area contributed by atoms with Crippen molar-refractivity contribution in [1.82, 2.24) is 16.0 Å². The van der Waals surface area contributed by atoms with E-state index >= 15 is 0 Å². The summed E-state index contributed by atoms with van der Waals surface area (Å²) in [4.78, 5) is 23.3. The van der Waals surface area contributed by atoms with Crippen molar-refractivity contribution in [2.24, 2.45) is 5.41 Å². The Labute approximate surface area is 155 Å². The van der Waals surface area contributed by atoms with E-state index in [0.717, 1.165) is 31.5 Å². The molecule has 1 saturated heterocycles. The Morgan fingerprint density at radius 3 is 2.36 bits per heavy atom. The van der Waals surface area contributed by atoms with E-state index in [1.807, 2.05) is 12.1 Å². The molecule has 0 bridgehead atoms. The van der Waals surface area contributed by atoms with Crippen LogP contribution in [0.1, 0.15) is 35.7 Å². The molecule has 0 radical (unpaired) electrons. The second-order valence-corrected chi connectivity index (χ2v) is 6.47. The summed E-state index contributed by atoms with van der Waals surface area (Å²) in [7, 11) is 1.71. The van der Waals surface area contributed by atoms with E-state index in [1.54, 1.807) is 19.2 Å². The monoisotopic (exact) mass is 369 g/mol. The first kappa shape index (κ1) is 21.4. The number of piperidine rings is 1. The molecule has 1 aliphatic rings. The van der Waals surface area contributed by atoms with Crippen LogP contribution in [0.15, 0.2) is 24.3 Å². The normalized spacial score (nSPS) is 15.8. The van der Waals surface area contributed by atoms with Crippen molar-refractivity contribution < 1.29 is 14.3 Å². The number of halogens is 1. The van der Waals surface area contributed by atoms with Gasteiger partial charge in [0.25, 0.3) is 5.91 Å². The van der Waals surface area contributed by atoms with E-state index in [9.17, 15) is 9.59 Å². The largest absolute Gasteiger partial charge is 0.384 e. The predicted octanol–water partition coefficient (Wildman–Crippen LogP) is 1.49. The van der Waals surface area contributed by atoms with E-state index in [2.05, 4.69) is 16.0 Å². The lowest BCUT2D eigenvalue weighted by Gasteiger charge is -2.37. The van der Waals surface area contributed by atoms with Gasteiger partial charge in [-0.2, -0.15) is 0 Å². The number of amides is 2. The Balaban J connectivity index is 0.00000312. The van der Waals surface area contributed by atoms with Crippen molar-refractivity contribution in [3.05, 3.63) is 35.4 Å². The molecule has 1 fully saturated rings. The van der Waals surface area contributed by atoms with Crippen molar-refractivity contribution in [3.63, 3.8) is 0 Å². The maximum Gasteiger partial charge on any atom is 0.251 e. The molecule has 0 saturated carbocycles. The number of rotatable bonds is 7. The molecule has 2 amide bonds. The van der Waals surface area contributed by atoms with Crippen LogP contribution in [0.3, 0.4) is 0 Å². The number of carbonyl (C=O) groups is 2. The molecule has 140 valence electrons. The van der Waals surface area contributed by atoms with Gasteiger partial charge in [-0.3, -0.25) is 9.59 Å². The zero-order valence-corrected chi connectivity index (χ0v) is 15.7. The summed E-state index contributed by atoms with van der Waals surface area (Å²) >= 11 is 0. The van der Waals surface area contributed by atoms with Crippen molar-refractivity contribution in [2.45, 2.75) is 26.3 Å². The molecule has 0 aromatic heterocycles. The molecule has 6 nitrogen and oxygen atoms in total. The second kappa shape index (κ2) is 10.4. The van der Waals surface area contributed by atoms with E-state index in [1.165, 1.54) is 6.92 Å². The molecule has 2 rings (SSSR count). The Morgan fingerprint density at radius 2 is 1.80 bits per heavy atom. The van der Waals surface area contributed by atoms with Gasteiger partial charge < -0.3 is 20.7 Å². The third kappa shape index (κ3) is 6.65. The fourth-order valence-corrected chi connectivity index (χ4v) is 3.01. The molecule has 0 aliphatic carbocycles. The van der Waals surface area contributed by atoms with Gasteiger partial charge in [-0.05, 0) is 43.6 Å². The van der Waals surface area contributed by atoms with Gasteiger partial charge >= 0.3 is 0 Å². The SMILES string of the molecule is COCC1(CNC(=O)c2ccc(CNC(C)=O)cc2)CCNCC1.Cl. The first-order valence-electron chi connectivity index (χ1n) is 8.36. The zero-order valence-electron chi connectivity index (χ0n) is 14.9. The lowest BCUT2D eigenvalue weighted by molar-refractivity contribution is -0.119. The summed E-state index contributed by atoms with van der Waals surface area (Å²) in [6.07, 6.45) is 1.99. The summed E-state index contributed by atoms with van der Waals surface area (Å²) in [5.41, 5.74) is 1.61. The minimum absolute atomic E-state index is 0. The van der Waals surface area contributed by atoms with Gasteiger partial charge in [-0.1, -0.05) is 12.1 Å². The van der Waals surface area contributed by atoms with Crippen LogP contribution in [-0.2, 0) is 16.1 Å². The minimum atomic E-state index is -0.0740. The molecular weight excluding hydrogens is 342 g/mol. The Kier molecular flexibility index (Phi) is 8.89. The molecular formula is C18H28ClN3O3. The summed E-state index contributed by atoms with van der Waals surface area (Å²) in [6, 6.07) is 7.30. The number of benzene rings is 1. The van der Waals surface area contributed by atoms with Gasteiger partial charge in [0.05, 0.1) is 6.61 Å². The van der Waals surface area contributed by atoms with Gasteiger partial charge in [0.1, 0.15) is 0 Å². The molecule has 0 spiro atoms. The molecule has 1 heterocycles. The lowest BCUT2D eigenvalue weighted by Crippen LogP contribution is -2.47. The highest BCUT2D eigenvalue weighted by Crippen LogP contribution is 2.28. The average molecular weight is 370 g/mol. The highest BCUT2D eigenvalue weighted by Gasteiger charge is 2.32. The van der Waals surface area contributed by atoms with Gasteiger partial charge in [0, 0.05) is 38.1 Å². The quantitative estimate of drug-likeness (QED) is 0.680. The average Bonchev–Trinajstić information content (AvgIpc) is 2.59. The molecule has 1 aromatic carbocycles. The Morgan fingerprint density at radius 1 is 1.16 bits per heavy atom. The molecule has 1 aliphatic heterocycles. The van der Waals surface area contributed by atoms with Crippen LogP contribution in [0.4, 0.5) is 0 Å². The smallest absolute Gasteiger partial charge is 0.251 e. The van der Waals surface area contributed by atoms with Crippen LogP contribution in [0.5, 0.6) is 0 Å². The Hall–Kier alpha value is -1.63. The maximum absolute atomic E-state index is 12.4. The van der Waals surface area contributed by atoms with Crippen LogP contribution in [0, 0.1) is 5.41 Å². The lowest BCUT2D eigenvalue weighted by atomic mass is 9.79. The van der Waals surface area contributed by atoms with Gasteiger partial charge in [0.15, 0.2) is 0 Å². The second-order valence-electron chi connectivity index (χ2n) is 6.47. The number of carbonyl (C=O) groups excluding carboxylic acids is 2. The molecule has 0 unspecified atom stereocenters. The standard InChI is InChI=1S/C18H27N3O3.ClH/c1-14(22)20-11-15-3-5-16(6-4-15)17(23)21-12-18(13-24-2)7-9-19-10-8-18;/h3-6,19H,7-13H2,1-2H3,(H,20,22)(H,21,23);1H. The third-order valence-electron chi connectivity index (χ3n) is 4.50. The summed E-state index contributed by atoms with van der Waals surface area (Å²) in [6.45, 7) is 5.15. The maximum atomic E-state index is 12.4. The number of nitrogens with one attached hydrogen (secondary N) is 3. The summed E-state index contributed by atoms with van der Waals surface area (Å²) < 4.78 is 5.37. The number of methoxy groups -OCH3 is 1. The number of ether oxygens (including phenoxy) is 1. The minimum Gasteiger partial charge on any atom is -0.384 e. The fraction of sp³-hybridized carbons (Fsp3) is 0.556. The number of hydrogen-bond acceptors (Lipinski definition) is 4. The molecule has 25 heavy (non-hydrogen) atoms. The van der Waals surface area contributed by atoms with Crippen LogP contribution < -0.4 is 16.0 Å². The predicted molar refractivity (Wildman–Crippen MR) is 100.0 cm³/mol. The first-order valence-corrected chi connectivity index (χ1v) is 8.36. The van der Waals surface area contributed by atoms with Gasteiger partial charge in [-0.15, -0.1) is 12.4 Å². The van der Waals surface area contributed by atoms with Crippen molar-refractivity contribution in [1.29, 1.82) is 0 Å². The number of hydrogen-bond donors (Lipinski definition) is 3. The van der Waals surface area contributed by atoms with E-state index in [4.69, 9.17) is 4.74 Å². The molecule has 3 N–H and O–H groups in total. The van der Waals surface area contributed by atoms with Crippen molar-refractivity contribution in [2.75, 3.05) is 33.4 Å². The van der Waals surface area contributed by atoms with Gasteiger partial charge in [-0.25, -0.2) is 0 Å². The van der Waals surface area contributed by atoms with Crippen LogP contribution in [0.25, 0.3) is 0 Å². The molecule has 1 aromatic rings.